The van der Waals surface area contributed by atoms with E-state index in [2.05, 4.69) is 52.2 Å². The highest BCUT2D eigenvalue weighted by molar-refractivity contribution is 7.10. The Bertz CT molecular complexity index is 807. The van der Waals surface area contributed by atoms with E-state index < -0.39 is 0 Å². The largest absolute Gasteiger partial charge is 0.361 e. The van der Waals surface area contributed by atoms with Crippen molar-refractivity contribution in [1.29, 1.82) is 0 Å². The van der Waals surface area contributed by atoms with Crippen LogP contribution in [0, 0.1) is 0 Å². The maximum Gasteiger partial charge on any atom is 0.279 e. The van der Waals surface area contributed by atoms with Gasteiger partial charge in [-0.3, -0.25) is 4.79 Å². The Labute approximate surface area is 146 Å². The highest BCUT2D eigenvalue weighted by Gasteiger charge is 2.24. The fourth-order valence-corrected chi connectivity index (χ4v) is 3.98. The summed E-state index contributed by atoms with van der Waals surface area (Å²) in [7, 11) is 3.62. The number of fused-ring (bicyclic) bond motifs is 1. The van der Waals surface area contributed by atoms with Gasteiger partial charge in [-0.25, -0.2) is 0 Å². The molecule has 3 rings (SSSR count). The lowest BCUT2D eigenvalue weighted by Gasteiger charge is -2.19. The van der Waals surface area contributed by atoms with Crippen LogP contribution in [0.25, 0.3) is 10.9 Å². The zero-order valence-corrected chi connectivity index (χ0v) is 15.1. The van der Waals surface area contributed by atoms with Crippen molar-refractivity contribution in [3.8, 4) is 0 Å². The first kappa shape index (κ1) is 16.7. The summed E-state index contributed by atoms with van der Waals surface area (Å²) in [6.45, 7) is 2.83. The molecule has 2 atom stereocenters. The molecule has 3 aromatic rings. The lowest BCUT2D eigenvalue weighted by atomic mass is 9.96. The van der Waals surface area contributed by atoms with Gasteiger partial charge in [0.05, 0.1) is 12.5 Å². The second-order valence-electron chi connectivity index (χ2n) is 6.35. The monoisotopic (exact) mass is 342 g/mol. The molecule has 24 heavy (non-hydrogen) atoms. The second kappa shape index (κ2) is 7.20. The third-order valence-corrected chi connectivity index (χ3v) is 5.42. The molecule has 0 radical (unpaired) electrons. The van der Waals surface area contributed by atoms with E-state index in [-0.39, 0.29) is 17.9 Å². The number of nitrogens with one attached hydrogen (secondary N) is 1. The molecule has 2 heterocycles. The molecule has 0 saturated heterocycles. The topological polar surface area (TPSA) is 52.7 Å². The number of amides is 1. The minimum absolute atomic E-state index is 0.0762. The van der Waals surface area contributed by atoms with Crippen LogP contribution in [-0.4, -0.2) is 42.5 Å². The number of nitrogens with zero attached hydrogens (tertiary/aromatic N) is 1. The van der Waals surface area contributed by atoms with Crippen LogP contribution in [-0.2, 0) is 4.79 Å². The molecule has 126 valence electrons. The van der Waals surface area contributed by atoms with Crippen molar-refractivity contribution in [2.75, 3.05) is 20.6 Å². The van der Waals surface area contributed by atoms with Crippen LogP contribution in [0.3, 0.4) is 0 Å². The van der Waals surface area contributed by atoms with E-state index in [0.29, 0.717) is 0 Å². The molecule has 1 aromatic carbocycles. The van der Waals surface area contributed by atoms with Crippen molar-refractivity contribution in [2.45, 2.75) is 18.9 Å². The van der Waals surface area contributed by atoms with E-state index >= 15 is 0 Å². The Balaban J connectivity index is 1.87. The first-order valence-electron chi connectivity index (χ1n) is 8.22. The average molecular weight is 342 g/mol. The Kier molecular flexibility index (Phi) is 5.02. The highest BCUT2D eigenvalue weighted by Crippen LogP contribution is 2.32. The molecule has 2 aromatic heterocycles. The third kappa shape index (κ3) is 3.37. The number of H-pyrrole nitrogens is 1. The number of carbonyl (C=O) groups excluding carboxylic acids is 1. The summed E-state index contributed by atoms with van der Waals surface area (Å²) in [6, 6.07) is 12.6. The van der Waals surface area contributed by atoms with Crippen molar-refractivity contribution in [2.24, 2.45) is 0 Å². The summed E-state index contributed by atoms with van der Waals surface area (Å²) >= 11 is 1.77. The lowest BCUT2D eigenvalue weighted by molar-refractivity contribution is -0.675. The average Bonchev–Trinajstić information content (AvgIpc) is 3.24. The van der Waals surface area contributed by atoms with Gasteiger partial charge in [-0.15, -0.1) is 11.3 Å². The molecule has 3 N–H and O–H groups in total. The Morgan fingerprint density at radius 3 is 2.75 bits per heavy atom. The summed E-state index contributed by atoms with van der Waals surface area (Å²) < 4.78 is 0. The van der Waals surface area contributed by atoms with Crippen LogP contribution in [0.4, 0.5) is 0 Å². The number of carbonyl (C=O) groups is 1. The van der Waals surface area contributed by atoms with Gasteiger partial charge in [0.2, 0.25) is 0 Å². The van der Waals surface area contributed by atoms with Crippen molar-refractivity contribution in [3.63, 3.8) is 0 Å². The second-order valence-corrected chi connectivity index (χ2v) is 7.33. The zero-order valence-electron chi connectivity index (χ0n) is 14.3. The molecule has 0 unspecified atom stereocenters. The van der Waals surface area contributed by atoms with Crippen molar-refractivity contribution in [1.82, 2.24) is 9.88 Å². The number of thiophene rings is 1. The Morgan fingerprint density at radius 2 is 2.04 bits per heavy atom. The Morgan fingerprint density at radius 1 is 1.25 bits per heavy atom. The van der Waals surface area contributed by atoms with E-state index in [9.17, 15) is 4.79 Å². The van der Waals surface area contributed by atoms with Gasteiger partial charge in [0.25, 0.3) is 5.91 Å². The minimum atomic E-state index is -0.0762. The number of hydrogen-bond acceptors (Lipinski definition) is 2. The van der Waals surface area contributed by atoms with Crippen LogP contribution < -0.4 is 5.32 Å². The van der Waals surface area contributed by atoms with Crippen LogP contribution in [0.15, 0.2) is 48.0 Å². The van der Waals surface area contributed by atoms with Gasteiger partial charge in [-0.05, 0) is 30.0 Å². The van der Waals surface area contributed by atoms with Crippen molar-refractivity contribution >= 4 is 28.1 Å². The van der Waals surface area contributed by atoms with Crippen molar-refractivity contribution in [3.05, 3.63) is 58.4 Å². The fraction of sp³-hybridized carbons (Fsp3) is 0.316. The number of quaternary nitrogens is 1. The normalized spacial score (nSPS) is 13.8. The summed E-state index contributed by atoms with van der Waals surface area (Å²) in [5.74, 6) is 0.428. The SMILES string of the molecule is C[C@H]([NH2+]C[C@@H](c1cccs1)c1c[nH]c2ccccc12)C(=O)N(C)C. The fourth-order valence-electron chi connectivity index (χ4n) is 3.12. The molecule has 0 fully saturated rings. The van der Waals surface area contributed by atoms with E-state index in [1.165, 1.54) is 15.8 Å². The first-order valence-corrected chi connectivity index (χ1v) is 9.09. The molecule has 0 aliphatic heterocycles. The number of benzene rings is 1. The number of likely N-dealkylation sites (N-methyl/N-ethyl adjacent to an activating group) is 1. The number of aromatic nitrogens is 1. The van der Waals surface area contributed by atoms with E-state index in [1.807, 2.05) is 27.1 Å². The predicted molar refractivity (Wildman–Crippen MR) is 99.4 cm³/mol. The third-order valence-electron chi connectivity index (χ3n) is 4.44. The molecular formula is C19H24N3OS+. The summed E-state index contributed by atoms with van der Waals surface area (Å²) in [5, 5.41) is 5.52. The molecule has 1 amide bonds. The first-order chi connectivity index (χ1) is 11.6. The van der Waals surface area contributed by atoms with Gasteiger partial charge in [0, 0.05) is 36.1 Å². The highest BCUT2D eigenvalue weighted by atomic mass is 32.1. The minimum Gasteiger partial charge on any atom is -0.361 e. The predicted octanol–water partition coefficient (Wildman–Crippen LogP) is 2.40. The number of aromatic amines is 1. The van der Waals surface area contributed by atoms with E-state index in [0.717, 1.165) is 12.1 Å². The van der Waals surface area contributed by atoms with Crippen LogP contribution >= 0.6 is 11.3 Å². The maximum absolute atomic E-state index is 12.1. The number of rotatable bonds is 6. The molecule has 0 bridgehead atoms. The van der Waals surface area contributed by atoms with E-state index in [1.54, 1.807) is 16.2 Å². The molecule has 0 spiro atoms. The Hall–Kier alpha value is -2.11. The van der Waals surface area contributed by atoms with Gasteiger partial charge < -0.3 is 15.2 Å². The van der Waals surface area contributed by atoms with Gasteiger partial charge in [0.15, 0.2) is 6.04 Å². The van der Waals surface area contributed by atoms with Crippen LogP contribution in [0.5, 0.6) is 0 Å². The maximum atomic E-state index is 12.1. The summed E-state index contributed by atoms with van der Waals surface area (Å²) in [6.07, 6.45) is 2.11. The molecule has 4 nitrogen and oxygen atoms in total. The molecule has 5 heteroatoms. The van der Waals surface area contributed by atoms with Crippen LogP contribution in [0.2, 0.25) is 0 Å². The molecular weight excluding hydrogens is 318 g/mol. The number of hydrogen-bond donors (Lipinski definition) is 2. The van der Waals surface area contributed by atoms with E-state index in [4.69, 9.17) is 0 Å². The van der Waals surface area contributed by atoms with Gasteiger partial charge in [0.1, 0.15) is 0 Å². The lowest BCUT2D eigenvalue weighted by Crippen LogP contribution is -2.92. The van der Waals surface area contributed by atoms with Gasteiger partial charge in [-0.1, -0.05) is 24.3 Å². The summed E-state index contributed by atoms with van der Waals surface area (Å²) in [5.41, 5.74) is 2.46. The zero-order chi connectivity index (χ0) is 17.1. The number of para-hydroxylation sites is 1. The van der Waals surface area contributed by atoms with Gasteiger partial charge in [-0.2, -0.15) is 0 Å². The smallest absolute Gasteiger partial charge is 0.279 e. The standard InChI is InChI=1S/C19H23N3OS/c1-13(19(23)22(2)3)20-12-16(18-9-6-10-24-18)15-11-21-17-8-5-4-7-14(15)17/h4-11,13,16,20-21H,12H2,1-3H3/p+1/t13-,16+/m0/s1. The molecule has 0 aliphatic rings. The van der Waals surface area contributed by atoms with Crippen molar-refractivity contribution < 1.29 is 10.1 Å². The molecule has 0 aliphatic carbocycles. The molecule has 0 saturated carbocycles. The summed E-state index contributed by atoms with van der Waals surface area (Å²) in [4.78, 5) is 18.5. The quantitative estimate of drug-likeness (QED) is 0.710. The van der Waals surface area contributed by atoms with Crippen LogP contribution in [0.1, 0.15) is 23.3 Å². The number of nitrogens with two attached hydrogens (primary N) is 1. The van der Waals surface area contributed by atoms with Gasteiger partial charge >= 0.3 is 0 Å².